The van der Waals surface area contributed by atoms with Crippen LogP contribution in [0.2, 0.25) is 0 Å². The summed E-state index contributed by atoms with van der Waals surface area (Å²) in [7, 11) is -3.09. The van der Waals surface area contributed by atoms with Gasteiger partial charge in [0.25, 0.3) is 0 Å². The lowest BCUT2D eigenvalue weighted by Crippen LogP contribution is -2.23. The summed E-state index contributed by atoms with van der Waals surface area (Å²) in [6, 6.07) is 2.66. The van der Waals surface area contributed by atoms with Gasteiger partial charge in [-0.1, -0.05) is 12.2 Å². The van der Waals surface area contributed by atoms with Crippen LogP contribution in [0.1, 0.15) is 17.5 Å². The summed E-state index contributed by atoms with van der Waals surface area (Å²) in [5, 5.41) is 2.91. The van der Waals surface area contributed by atoms with Crippen LogP contribution in [0.3, 0.4) is 0 Å². The highest BCUT2D eigenvalue weighted by Gasteiger charge is 2.32. The van der Waals surface area contributed by atoms with Gasteiger partial charge in [-0.05, 0) is 24.6 Å². The molecule has 1 fully saturated rings. The summed E-state index contributed by atoms with van der Waals surface area (Å²) < 4.78 is 60.8. The SMILES string of the molecule is NC(=S)c1cc(C(F)(F)F)ccc1NC1CCS(=O)(=O)C1. The summed E-state index contributed by atoms with van der Waals surface area (Å²) in [5.74, 6) is 0.0124. The minimum atomic E-state index is -4.49. The molecule has 0 aromatic heterocycles. The summed E-state index contributed by atoms with van der Waals surface area (Å²) >= 11 is 4.77. The van der Waals surface area contributed by atoms with Crippen molar-refractivity contribution < 1.29 is 21.6 Å². The van der Waals surface area contributed by atoms with E-state index in [2.05, 4.69) is 5.32 Å². The second-order valence-electron chi connectivity index (χ2n) is 4.87. The van der Waals surface area contributed by atoms with Gasteiger partial charge in [0.2, 0.25) is 0 Å². The molecule has 1 heterocycles. The number of anilines is 1. The largest absolute Gasteiger partial charge is 0.416 e. The maximum absolute atomic E-state index is 12.7. The monoisotopic (exact) mass is 338 g/mol. The molecule has 2 rings (SSSR count). The molecular weight excluding hydrogens is 325 g/mol. The Bertz CT molecular complexity index is 672. The highest BCUT2D eigenvalue weighted by atomic mass is 32.2. The molecule has 1 aromatic carbocycles. The second kappa shape index (κ2) is 5.45. The van der Waals surface area contributed by atoms with Gasteiger partial charge in [-0.2, -0.15) is 13.2 Å². The third kappa shape index (κ3) is 3.85. The minimum absolute atomic E-state index is 0.0508. The zero-order valence-corrected chi connectivity index (χ0v) is 12.4. The average molecular weight is 338 g/mol. The molecule has 0 aliphatic carbocycles. The van der Waals surface area contributed by atoms with Crippen LogP contribution in [0, 0.1) is 0 Å². The number of nitrogens with two attached hydrogens (primary N) is 1. The summed E-state index contributed by atoms with van der Waals surface area (Å²) in [4.78, 5) is -0.176. The van der Waals surface area contributed by atoms with Crippen LogP contribution < -0.4 is 11.1 Å². The Morgan fingerprint density at radius 1 is 1.38 bits per heavy atom. The molecule has 4 nitrogen and oxygen atoms in total. The number of nitrogens with one attached hydrogen (secondary N) is 1. The van der Waals surface area contributed by atoms with Gasteiger partial charge in [0.15, 0.2) is 9.84 Å². The molecule has 0 radical (unpaired) electrons. The van der Waals surface area contributed by atoms with Crippen molar-refractivity contribution >= 4 is 32.7 Å². The normalized spacial score (nSPS) is 21.2. The van der Waals surface area contributed by atoms with E-state index in [-0.39, 0.29) is 28.1 Å². The third-order valence-corrected chi connectivity index (χ3v) is 5.19. The van der Waals surface area contributed by atoms with Gasteiger partial charge in [-0.25, -0.2) is 8.42 Å². The van der Waals surface area contributed by atoms with E-state index in [1.807, 2.05) is 0 Å². The molecule has 9 heteroatoms. The van der Waals surface area contributed by atoms with Crippen LogP contribution in [0.25, 0.3) is 0 Å². The van der Waals surface area contributed by atoms with E-state index in [1.54, 1.807) is 0 Å². The number of sulfone groups is 1. The molecule has 0 spiro atoms. The zero-order chi connectivity index (χ0) is 15.8. The predicted molar refractivity (Wildman–Crippen MR) is 78.0 cm³/mol. The highest BCUT2D eigenvalue weighted by Crippen LogP contribution is 2.32. The first kappa shape index (κ1) is 16.0. The molecule has 1 aliphatic rings. The molecule has 0 bridgehead atoms. The average Bonchev–Trinajstić information content (AvgIpc) is 2.67. The van der Waals surface area contributed by atoms with Gasteiger partial charge in [-0.15, -0.1) is 0 Å². The van der Waals surface area contributed by atoms with E-state index in [1.165, 1.54) is 6.07 Å². The molecule has 0 amide bonds. The topological polar surface area (TPSA) is 72.2 Å². The summed E-state index contributed by atoms with van der Waals surface area (Å²) in [6.07, 6.45) is -4.09. The molecule has 1 aromatic rings. The Labute approximate surface area is 125 Å². The van der Waals surface area contributed by atoms with E-state index in [9.17, 15) is 21.6 Å². The Kier molecular flexibility index (Phi) is 4.16. The lowest BCUT2D eigenvalue weighted by Gasteiger charge is -2.17. The number of alkyl halides is 3. The second-order valence-corrected chi connectivity index (χ2v) is 7.54. The molecule has 1 aliphatic heterocycles. The lowest BCUT2D eigenvalue weighted by atomic mass is 10.1. The molecule has 0 saturated carbocycles. The smallest absolute Gasteiger partial charge is 0.389 e. The number of hydrogen-bond donors (Lipinski definition) is 2. The fraction of sp³-hybridized carbons (Fsp3) is 0.417. The zero-order valence-electron chi connectivity index (χ0n) is 10.8. The van der Waals surface area contributed by atoms with Crippen LogP contribution in [-0.4, -0.2) is 31.0 Å². The first-order valence-electron chi connectivity index (χ1n) is 6.06. The number of rotatable bonds is 3. The van der Waals surface area contributed by atoms with Crippen LogP contribution in [-0.2, 0) is 16.0 Å². The van der Waals surface area contributed by atoms with Crippen molar-refractivity contribution in [3.63, 3.8) is 0 Å². The molecule has 21 heavy (non-hydrogen) atoms. The standard InChI is InChI=1S/C12H13F3N2O2S2/c13-12(14,15)7-1-2-10(9(5-7)11(16)20)17-8-3-4-21(18,19)6-8/h1-2,5,8,17H,3-4,6H2,(H2,16,20). The van der Waals surface area contributed by atoms with Crippen molar-refractivity contribution in [2.45, 2.75) is 18.6 Å². The van der Waals surface area contributed by atoms with Crippen LogP contribution >= 0.6 is 12.2 Å². The fourth-order valence-corrected chi connectivity index (χ4v) is 4.02. The van der Waals surface area contributed by atoms with Crippen molar-refractivity contribution in [2.24, 2.45) is 5.73 Å². The number of halogens is 3. The van der Waals surface area contributed by atoms with E-state index in [0.717, 1.165) is 12.1 Å². The van der Waals surface area contributed by atoms with Gasteiger partial charge in [0.05, 0.1) is 17.1 Å². The van der Waals surface area contributed by atoms with Gasteiger partial charge >= 0.3 is 6.18 Å². The lowest BCUT2D eigenvalue weighted by molar-refractivity contribution is -0.137. The Morgan fingerprint density at radius 2 is 2.05 bits per heavy atom. The minimum Gasteiger partial charge on any atom is -0.389 e. The van der Waals surface area contributed by atoms with E-state index < -0.39 is 21.6 Å². The number of thiocarbonyl (C=S) groups is 1. The molecule has 1 saturated heterocycles. The number of benzene rings is 1. The maximum atomic E-state index is 12.7. The molecule has 3 N–H and O–H groups in total. The molecule has 1 unspecified atom stereocenters. The first-order valence-corrected chi connectivity index (χ1v) is 8.29. The van der Waals surface area contributed by atoms with Crippen molar-refractivity contribution in [2.75, 3.05) is 16.8 Å². The predicted octanol–water partition coefficient (Wildman–Crippen LogP) is 1.94. The highest BCUT2D eigenvalue weighted by molar-refractivity contribution is 7.91. The van der Waals surface area contributed by atoms with Gasteiger partial charge < -0.3 is 11.1 Å². The van der Waals surface area contributed by atoms with Crippen molar-refractivity contribution in [3.8, 4) is 0 Å². The molecule has 1 atom stereocenters. The fourth-order valence-electron chi connectivity index (χ4n) is 2.18. The Balaban J connectivity index is 2.30. The molecule has 116 valence electrons. The Morgan fingerprint density at radius 3 is 2.52 bits per heavy atom. The van der Waals surface area contributed by atoms with Gasteiger partial charge in [0, 0.05) is 17.3 Å². The van der Waals surface area contributed by atoms with Crippen molar-refractivity contribution in [1.29, 1.82) is 0 Å². The summed E-state index contributed by atoms with van der Waals surface area (Å²) in [5.41, 5.74) is 4.98. The van der Waals surface area contributed by atoms with E-state index in [4.69, 9.17) is 18.0 Å². The first-order chi connectivity index (χ1) is 9.58. The van der Waals surface area contributed by atoms with Gasteiger partial charge in [0.1, 0.15) is 4.99 Å². The van der Waals surface area contributed by atoms with Crippen LogP contribution in [0.5, 0.6) is 0 Å². The maximum Gasteiger partial charge on any atom is 0.416 e. The quantitative estimate of drug-likeness (QED) is 0.824. The number of hydrogen-bond acceptors (Lipinski definition) is 4. The van der Waals surface area contributed by atoms with Crippen LogP contribution in [0.15, 0.2) is 18.2 Å². The van der Waals surface area contributed by atoms with Crippen molar-refractivity contribution in [1.82, 2.24) is 0 Å². The summed E-state index contributed by atoms with van der Waals surface area (Å²) in [6.45, 7) is 0. The van der Waals surface area contributed by atoms with E-state index >= 15 is 0 Å². The van der Waals surface area contributed by atoms with Crippen molar-refractivity contribution in [3.05, 3.63) is 29.3 Å². The Hall–Kier alpha value is -1.35. The van der Waals surface area contributed by atoms with Crippen LogP contribution in [0.4, 0.5) is 18.9 Å². The van der Waals surface area contributed by atoms with Gasteiger partial charge in [-0.3, -0.25) is 0 Å². The van der Waals surface area contributed by atoms with E-state index in [0.29, 0.717) is 12.1 Å². The third-order valence-electron chi connectivity index (χ3n) is 3.20. The molecular formula is C12H13F3N2O2S2.